The maximum absolute atomic E-state index is 3.67. The second-order valence-corrected chi connectivity index (χ2v) is 5.67. The highest BCUT2D eigenvalue weighted by atomic mass is 15.0. The fraction of sp³-hybridized carbons (Fsp3) is 0.600. The SMILES string of the molecule is CNC12CC(C)CCC1Cc1ccccc12. The lowest BCUT2D eigenvalue weighted by molar-refractivity contribution is 0.132. The fourth-order valence-corrected chi connectivity index (χ4v) is 4.00. The molecule has 2 aliphatic carbocycles. The molecule has 0 aliphatic heterocycles. The standard InChI is InChI=1S/C15H21N/c1-11-7-8-13-9-12-5-3-4-6-14(12)15(13,10-11)16-2/h3-6,11,13,16H,7-10H2,1-2H3. The molecule has 0 amide bonds. The van der Waals surface area contributed by atoms with Crippen LogP contribution in [0.5, 0.6) is 0 Å². The fourth-order valence-electron chi connectivity index (χ4n) is 4.00. The van der Waals surface area contributed by atoms with Crippen molar-refractivity contribution in [3.8, 4) is 0 Å². The molecule has 1 saturated carbocycles. The molecule has 3 unspecified atom stereocenters. The molecule has 0 aromatic heterocycles. The molecule has 86 valence electrons. The second kappa shape index (κ2) is 3.59. The normalized spacial score (nSPS) is 36.9. The van der Waals surface area contributed by atoms with E-state index in [0.29, 0.717) is 0 Å². The Morgan fingerprint density at radius 1 is 1.25 bits per heavy atom. The molecule has 0 bridgehead atoms. The number of rotatable bonds is 1. The van der Waals surface area contributed by atoms with Gasteiger partial charge in [-0.25, -0.2) is 0 Å². The van der Waals surface area contributed by atoms with E-state index in [0.717, 1.165) is 11.8 Å². The van der Waals surface area contributed by atoms with E-state index in [1.54, 1.807) is 11.1 Å². The number of benzene rings is 1. The highest BCUT2D eigenvalue weighted by Crippen LogP contribution is 2.50. The molecule has 1 heteroatoms. The summed E-state index contributed by atoms with van der Waals surface area (Å²) in [5.74, 6) is 1.68. The first-order valence-corrected chi connectivity index (χ1v) is 6.53. The van der Waals surface area contributed by atoms with E-state index in [4.69, 9.17) is 0 Å². The molecule has 16 heavy (non-hydrogen) atoms. The minimum Gasteiger partial charge on any atom is -0.310 e. The van der Waals surface area contributed by atoms with Gasteiger partial charge in [-0.2, -0.15) is 0 Å². The van der Waals surface area contributed by atoms with Crippen molar-refractivity contribution in [1.82, 2.24) is 5.32 Å². The Bertz CT molecular complexity index is 398. The van der Waals surface area contributed by atoms with Crippen LogP contribution in [0.4, 0.5) is 0 Å². The molecule has 0 radical (unpaired) electrons. The zero-order chi connectivity index (χ0) is 11.2. The number of hydrogen-bond acceptors (Lipinski definition) is 1. The highest BCUT2D eigenvalue weighted by molar-refractivity contribution is 5.40. The van der Waals surface area contributed by atoms with Crippen molar-refractivity contribution < 1.29 is 0 Å². The van der Waals surface area contributed by atoms with E-state index in [-0.39, 0.29) is 5.54 Å². The van der Waals surface area contributed by atoms with Gasteiger partial charge in [-0.15, -0.1) is 0 Å². The first-order valence-electron chi connectivity index (χ1n) is 6.53. The molecule has 2 aliphatic rings. The van der Waals surface area contributed by atoms with Gasteiger partial charge in [-0.05, 0) is 49.3 Å². The summed E-state index contributed by atoms with van der Waals surface area (Å²) in [6.45, 7) is 2.40. The topological polar surface area (TPSA) is 12.0 Å². The van der Waals surface area contributed by atoms with Gasteiger partial charge in [0.05, 0.1) is 0 Å². The Morgan fingerprint density at radius 3 is 2.88 bits per heavy atom. The molecule has 3 atom stereocenters. The molecular weight excluding hydrogens is 194 g/mol. The molecular formula is C15H21N. The van der Waals surface area contributed by atoms with Crippen LogP contribution >= 0.6 is 0 Å². The average molecular weight is 215 g/mol. The van der Waals surface area contributed by atoms with Crippen molar-refractivity contribution in [2.24, 2.45) is 11.8 Å². The van der Waals surface area contributed by atoms with E-state index >= 15 is 0 Å². The number of hydrogen-bond donors (Lipinski definition) is 1. The van der Waals surface area contributed by atoms with E-state index < -0.39 is 0 Å². The Kier molecular flexibility index (Phi) is 2.32. The van der Waals surface area contributed by atoms with Gasteiger partial charge in [0.2, 0.25) is 0 Å². The lowest BCUT2D eigenvalue weighted by Gasteiger charge is -2.43. The highest BCUT2D eigenvalue weighted by Gasteiger charge is 2.48. The van der Waals surface area contributed by atoms with Crippen LogP contribution in [0.15, 0.2) is 24.3 Å². The van der Waals surface area contributed by atoms with Crippen LogP contribution in [0.25, 0.3) is 0 Å². The van der Waals surface area contributed by atoms with Crippen molar-refractivity contribution in [3.63, 3.8) is 0 Å². The third-order valence-corrected chi connectivity index (χ3v) is 4.79. The maximum atomic E-state index is 3.67. The summed E-state index contributed by atoms with van der Waals surface area (Å²) < 4.78 is 0. The molecule has 1 nitrogen and oxygen atoms in total. The van der Waals surface area contributed by atoms with Crippen LogP contribution in [0, 0.1) is 11.8 Å². The van der Waals surface area contributed by atoms with Gasteiger partial charge in [0.15, 0.2) is 0 Å². The predicted molar refractivity (Wildman–Crippen MR) is 67.4 cm³/mol. The lowest BCUT2D eigenvalue weighted by Crippen LogP contribution is -2.47. The third-order valence-electron chi connectivity index (χ3n) is 4.79. The number of nitrogens with one attached hydrogen (secondary N) is 1. The first kappa shape index (κ1) is 10.3. The minimum atomic E-state index is 0.286. The van der Waals surface area contributed by atoms with E-state index in [1.807, 2.05) is 0 Å². The Hall–Kier alpha value is -0.820. The van der Waals surface area contributed by atoms with Crippen molar-refractivity contribution in [2.75, 3.05) is 7.05 Å². The quantitative estimate of drug-likeness (QED) is 0.759. The van der Waals surface area contributed by atoms with Crippen molar-refractivity contribution in [1.29, 1.82) is 0 Å². The van der Waals surface area contributed by atoms with E-state index in [1.165, 1.54) is 25.7 Å². The summed E-state index contributed by atoms with van der Waals surface area (Å²) in [6.07, 6.45) is 5.38. The lowest BCUT2D eigenvalue weighted by atomic mass is 9.69. The molecule has 0 spiro atoms. The zero-order valence-electron chi connectivity index (χ0n) is 10.3. The van der Waals surface area contributed by atoms with Gasteiger partial charge in [-0.1, -0.05) is 37.6 Å². The zero-order valence-corrected chi connectivity index (χ0v) is 10.3. The minimum absolute atomic E-state index is 0.286. The van der Waals surface area contributed by atoms with Crippen molar-refractivity contribution in [3.05, 3.63) is 35.4 Å². The summed E-state index contributed by atoms with van der Waals surface area (Å²) in [7, 11) is 2.15. The summed E-state index contributed by atoms with van der Waals surface area (Å²) in [4.78, 5) is 0. The Balaban J connectivity index is 2.09. The molecule has 3 rings (SSSR count). The predicted octanol–water partition coefficient (Wildman–Crippen LogP) is 3.09. The van der Waals surface area contributed by atoms with Gasteiger partial charge >= 0.3 is 0 Å². The van der Waals surface area contributed by atoms with E-state index in [2.05, 4.69) is 43.6 Å². The molecule has 1 fully saturated rings. The van der Waals surface area contributed by atoms with Gasteiger partial charge < -0.3 is 5.32 Å². The summed E-state index contributed by atoms with van der Waals surface area (Å²) in [5.41, 5.74) is 3.44. The number of fused-ring (bicyclic) bond motifs is 3. The first-order chi connectivity index (χ1) is 7.76. The van der Waals surface area contributed by atoms with Crippen LogP contribution in [0.3, 0.4) is 0 Å². The van der Waals surface area contributed by atoms with Crippen molar-refractivity contribution >= 4 is 0 Å². The van der Waals surface area contributed by atoms with Gasteiger partial charge in [0.25, 0.3) is 0 Å². The van der Waals surface area contributed by atoms with Gasteiger partial charge in [0.1, 0.15) is 0 Å². The molecule has 0 saturated heterocycles. The molecule has 0 heterocycles. The second-order valence-electron chi connectivity index (χ2n) is 5.67. The average Bonchev–Trinajstić information content (AvgIpc) is 2.64. The van der Waals surface area contributed by atoms with Gasteiger partial charge in [0, 0.05) is 5.54 Å². The summed E-state index contributed by atoms with van der Waals surface area (Å²) in [5, 5.41) is 3.67. The summed E-state index contributed by atoms with van der Waals surface area (Å²) in [6, 6.07) is 9.03. The molecule has 1 aromatic rings. The van der Waals surface area contributed by atoms with Gasteiger partial charge in [-0.3, -0.25) is 0 Å². The monoisotopic (exact) mass is 215 g/mol. The van der Waals surface area contributed by atoms with Crippen LogP contribution in [0.1, 0.15) is 37.3 Å². The van der Waals surface area contributed by atoms with Crippen molar-refractivity contribution in [2.45, 2.75) is 38.1 Å². The molecule has 1 N–H and O–H groups in total. The van der Waals surface area contributed by atoms with E-state index in [9.17, 15) is 0 Å². The largest absolute Gasteiger partial charge is 0.310 e. The smallest absolute Gasteiger partial charge is 0.0469 e. The van der Waals surface area contributed by atoms with Crippen LogP contribution in [0.2, 0.25) is 0 Å². The van der Waals surface area contributed by atoms with Crippen LogP contribution < -0.4 is 5.32 Å². The van der Waals surface area contributed by atoms with Crippen LogP contribution in [-0.2, 0) is 12.0 Å². The van der Waals surface area contributed by atoms with Crippen LogP contribution in [-0.4, -0.2) is 7.05 Å². The Labute approximate surface area is 98.3 Å². The maximum Gasteiger partial charge on any atom is 0.0469 e. The molecule has 1 aromatic carbocycles. The third kappa shape index (κ3) is 1.27. The summed E-state index contributed by atoms with van der Waals surface area (Å²) >= 11 is 0. The Morgan fingerprint density at radius 2 is 2.06 bits per heavy atom.